The Morgan fingerprint density at radius 1 is 1.15 bits per heavy atom. The molecule has 5 heteroatoms. The van der Waals surface area contributed by atoms with Crippen molar-refractivity contribution in [1.29, 1.82) is 0 Å². The lowest BCUT2D eigenvalue weighted by molar-refractivity contribution is -0.226. The molecule has 0 amide bonds. The minimum Gasteiger partial charge on any atom is -0.353 e. The van der Waals surface area contributed by atoms with E-state index < -0.39 is 5.79 Å². The summed E-state index contributed by atoms with van der Waals surface area (Å²) in [5.41, 5.74) is 1.16. The van der Waals surface area contributed by atoms with Crippen molar-refractivity contribution in [1.82, 2.24) is 0 Å². The molecule has 20 heavy (non-hydrogen) atoms. The van der Waals surface area contributed by atoms with E-state index in [0.29, 0.717) is 0 Å². The van der Waals surface area contributed by atoms with Crippen LogP contribution >= 0.6 is 11.6 Å². The predicted molar refractivity (Wildman–Crippen MR) is 74.7 cm³/mol. The predicted octanol–water partition coefficient (Wildman–Crippen LogP) is 2.77. The summed E-state index contributed by atoms with van der Waals surface area (Å²) >= 11 is 5.90. The summed E-state index contributed by atoms with van der Waals surface area (Å²) < 4.78 is 23.1. The standard InChI is InChI=1S/C15H19ClO4/c1-15(2)19-12-11(18-14(17-3)13(12)20-15)8-9-4-6-10(16)7-5-9/h4-7,11-14H,8H2,1-3H3/t11-,12-,13-,14?/m1/s1. The summed E-state index contributed by atoms with van der Waals surface area (Å²) in [6.45, 7) is 3.83. The van der Waals surface area contributed by atoms with E-state index in [4.69, 9.17) is 30.5 Å². The van der Waals surface area contributed by atoms with Gasteiger partial charge in [0.15, 0.2) is 12.1 Å². The van der Waals surface area contributed by atoms with Gasteiger partial charge in [0.2, 0.25) is 0 Å². The first-order valence-electron chi connectivity index (χ1n) is 6.77. The zero-order valence-corrected chi connectivity index (χ0v) is 12.6. The Morgan fingerprint density at radius 2 is 1.80 bits per heavy atom. The van der Waals surface area contributed by atoms with E-state index in [1.54, 1.807) is 7.11 Å². The van der Waals surface area contributed by atoms with Crippen LogP contribution in [0, 0.1) is 0 Å². The van der Waals surface area contributed by atoms with Gasteiger partial charge in [-0.2, -0.15) is 0 Å². The molecular formula is C15H19ClO4. The first-order valence-corrected chi connectivity index (χ1v) is 7.15. The average molecular weight is 299 g/mol. The minimum absolute atomic E-state index is 0.0760. The van der Waals surface area contributed by atoms with Crippen LogP contribution in [0.1, 0.15) is 19.4 Å². The van der Waals surface area contributed by atoms with E-state index in [1.165, 1.54) is 0 Å². The molecule has 0 N–H and O–H groups in total. The second-order valence-electron chi connectivity index (χ2n) is 5.67. The quantitative estimate of drug-likeness (QED) is 0.860. The van der Waals surface area contributed by atoms with Gasteiger partial charge in [-0.1, -0.05) is 23.7 Å². The number of benzene rings is 1. The maximum absolute atomic E-state index is 5.96. The van der Waals surface area contributed by atoms with Crippen LogP contribution in [0.4, 0.5) is 0 Å². The Balaban J connectivity index is 1.75. The molecule has 0 bridgehead atoms. The number of ether oxygens (including phenoxy) is 4. The molecule has 1 aromatic carbocycles. The highest BCUT2D eigenvalue weighted by Crippen LogP contribution is 2.39. The number of rotatable bonds is 3. The van der Waals surface area contributed by atoms with Crippen molar-refractivity contribution in [2.45, 2.75) is 50.7 Å². The Morgan fingerprint density at radius 3 is 2.45 bits per heavy atom. The van der Waals surface area contributed by atoms with Crippen molar-refractivity contribution in [3.05, 3.63) is 34.9 Å². The second-order valence-corrected chi connectivity index (χ2v) is 6.11. The maximum atomic E-state index is 5.96. The molecule has 4 nitrogen and oxygen atoms in total. The summed E-state index contributed by atoms with van der Waals surface area (Å²) in [5, 5.41) is 0.732. The summed E-state index contributed by atoms with van der Waals surface area (Å²) in [4.78, 5) is 0. The van der Waals surface area contributed by atoms with Crippen LogP contribution in [0.5, 0.6) is 0 Å². The van der Waals surface area contributed by atoms with Crippen molar-refractivity contribution in [3.8, 4) is 0 Å². The Bertz CT molecular complexity index is 473. The van der Waals surface area contributed by atoms with Crippen molar-refractivity contribution in [2.24, 2.45) is 0 Å². The van der Waals surface area contributed by atoms with Gasteiger partial charge in [0.25, 0.3) is 0 Å². The van der Waals surface area contributed by atoms with Crippen LogP contribution in [0.15, 0.2) is 24.3 Å². The molecule has 0 aliphatic carbocycles. The van der Waals surface area contributed by atoms with Gasteiger partial charge in [-0.15, -0.1) is 0 Å². The van der Waals surface area contributed by atoms with E-state index in [2.05, 4.69) is 0 Å². The maximum Gasteiger partial charge on any atom is 0.186 e. The van der Waals surface area contributed by atoms with E-state index >= 15 is 0 Å². The van der Waals surface area contributed by atoms with Gasteiger partial charge >= 0.3 is 0 Å². The molecule has 2 aliphatic rings. The minimum atomic E-state index is -0.589. The first-order chi connectivity index (χ1) is 9.48. The number of halogens is 1. The molecule has 2 heterocycles. The van der Waals surface area contributed by atoms with Crippen LogP contribution in [-0.2, 0) is 25.4 Å². The van der Waals surface area contributed by atoms with Crippen LogP contribution in [0.3, 0.4) is 0 Å². The lowest BCUT2D eigenvalue weighted by atomic mass is 10.0. The normalized spacial score (nSPS) is 35.2. The SMILES string of the molecule is COC1O[C@H](Cc2ccc(Cl)cc2)[C@H]2OC(C)(C)O[C@@H]12. The molecule has 0 radical (unpaired) electrons. The van der Waals surface area contributed by atoms with Gasteiger partial charge in [0.05, 0.1) is 6.10 Å². The number of methoxy groups -OCH3 is 1. The number of hydrogen-bond donors (Lipinski definition) is 0. The fraction of sp³-hybridized carbons (Fsp3) is 0.600. The Hall–Kier alpha value is -0.650. The molecule has 3 rings (SSSR count). The average Bonchev–Trinajstić information content (AvgIpc) is 2.86. The number of hydrogen-bond acceptors (Lipinski definition) is 4. The zero-order chi connectivity index (χ0) is 14.3. The zero-order valence-electron chi connectivity index (χ0n) is 11.8. The van der Waals surface area contributed by atoms with Gasteiger partial charge in [-0.3, -0.25) is 0 Å². The summed E-state index contributed by atoms with van der Waals surface area (Å²) in [5.74, 6) is -0.589. The molecule has 1 unspecified atom stereocenters. The molecule has 4 atom stereocenters. The summed E-state index contributed by atoms with van der Waals surface area (Å²) in [6.07, 6.45) is 0.0161. The molecule has 0 aromatic heterocycles. The van der Waals surface area contributed by atoms with Gasteiger partial charge in [0.1, 0.15) is 12.2 Å². The molecule has 0 spiro atoms. The molecular weight excluding hydrogens is 280 g/mol. The molecule has 2 aliphatic heterocycles. The Labute approximate surface area is 123 Å². The third kappa shape index (κ3) is 2.71. The molecule has 1 aromatic rings. The van der Waals surface area contributed by atoms with Gasteiger partial charge in [0, 0.05) is 18.6 Å². The monoisotopic (exact) mass is 298 g/mol. The first kappa shape index (κ1) is 14.3. The van der Waals surface area contributed by atoms with Crippen LogP contribution in [0.2, 0.25) is 5.02 Å². The summed E-state index contributed by atoms with van der Waals surface area (Å²) in [7, 11) is 1.63. The highest BCUT2D eigenvalue weighted by molar-refractivity contribution is 6.30. The molecule has 0 saturated carbocycles. The second kappa shape index (κ2) is 5.28. The fourth-order valence-corrected chi connectivity index (χ4v) is 2.98. The topological polar surface area (TPSA) is 36.9 Å². The molecule has 2 fully saturated rings. The highest BCUT2D eigenvalue weighted by atomic mass is 35.5. The Kier molecular flexibility index (Phi) is 3.77. The van der Waals surface area contributed by atoms with Gasteiger partial charge in [-0.25, -0.2) is 0 Å². The van der Waals surface area contributed by atoms with Crippen molar-refractivity contribution < 1.29 is 18.9 Å². The van der Waals surface area contributed by atoms with Crippen LogP contribution < -0.4 is 0 Å². The largest absolute Gasteiger partial charge is 0.353 e. The number of fused-ring (bicyclic) bond motifs is 1. The van der Waals surface area contributed by atoms with Gasteiger partial charge in [-0.05, 0) is 31.5 Å². The van der Waals surface area contributed by atoms with E-state index in [1.807, 2.05) is 38.1 Å². The van der Waals surface area contributed by atoms with E-state index in [-0.39, 0.29) is 24.6 Å². The fourth-order valence-electron chi connectivity index (χ4n) is 2.85. The van der Waals surface area contributed by atoms with Crippen LogP contribution in [-0.4, -0.2) is 37.5 Å². The van der Waals surface area contributed by atoms with E-state index in [9.17, 15) is 0 Å². The van der Waals surface area contributed by atoms with E-state index in [0.717, 1.165) is 17.0 Å². The smallest absolute Gasteiger partial charge is 0.186 e. The third-order valence-corrected chi connectivity index (χ3v) is 3.94. The van der Waals surface area contributed by atoms with Crippen LogP contribution in [0.25, 0.3) is 0 Å². The lowest BCUT2D eigenvalue weighted by Gasteiger charge is -2.23. The summed E-state index contributed by atoms with van der Waals surface area (Å²) in [6, 6.07) is 7.77. The lowest BCUT2D eigenvalue weighted by Crippen LogP contribution is -2.31. The highest BCUT2D eigenvalue weighted by Gasteiger charge is 2.55. The molecule has 110 valence electrons. The third-order valence-electron chi connectivity index (χ3n) is 3.69. The van der Waals surface area contributed by atoms with Crippen molar-refractivity contribution in [2.75, 3.05) is 7.11 Å². The molecule has 2 saturated heterocycles. The van der Waals surface area contributed by atoms with Crippen molar-refractivity contribution >= 4 is 11.6 Å². The van der Waals surface area contributed by atoms with Crippen molar-refractivity contribution in [3.63, 3.8) is 0 Å². The van der Waals surface area contributed by atoms with Gasteiger partial charge < -0.3 is 18.9 Å².